The Balaban J connectivity index is 2.09. The first-order chi connectivity index (χ1) is 9.60. The fourth-order valence-electron chi connectivity index (χ4n) is 1.64. The number of aromatic nitrogens is 3. The lowest BCUT2D eigenvalue weighted by atomic mass is 10.2. The number of hydrogen-bond acceptors (Lipinski definition) is 5. The van der Waals surface area contributed by atoms with Gasteiger partial charge in [-0.25, -0.2) is 9.78 Å². The van der Waals surface area contributed by atoms with Gasteiger partial charge in [-0.15, -0.1) is 5.10 Å². The Labute approximate surface area is 121 Å². The van der Waals surface area contributed by atoms with E-state index in [9.17, 15) is 4.79 Å². The van der Waals surface area contributed by atoms with E-state index in [0.29, 0.717) is 17.6 Å². The molecule has 2 aromatic heterocycles. The summed E-state index contributed by atoms with van der Waals surface area (Å²) < 4.78 is 11.7. The summed E-state index contributed by atoms with van der Waals surface area (Å²) in [7, 11) is 1.78. The quantitative estimate of drug-likeness (QED) is 0.624. The number of halogens is 1. The maximum absolute atomic E-state index is 11.2. The minimum atomic E-state index is -0.423. The third kappa shape index (κ3) is 3.48. The van der Waals surface area contributed by atoms with Crippen molar-refractivity contribution in [2.75, 3.05) is 13.2 Å². The van der Waals surface area contributed by atoms with Gasteiger partial charge in [-0.2, -0.15) is 0 Å². The van der Waals surface area contributed by atoms with Crippen LogP contribution in [0.5, 0.6) is 5.88 Å². The molecule has 0 aliphatic heterocycles. The molecule has 2 heterocycles. The highest BCUT2D eigenvalue weighted by atomic mass is 35.5. The van der Waals surface area contributed by atoms with E-state index in [4.69, 9.17) is 21.1 Å². The number of nitrogens with zero attached hydrogens (tertiary/aromatic N) is 3. The number of rotatable bonds is 5. The van der Waals surface area contributed by atoms with E-state index in [1.165, 1.54) is 0 Å². The molecule has 0 spiro atoms. The lowest BCUT2D eigenvalue weighted by molar-refractivity contribution is -0.145. The molecule has 0 aliphatic carbocycles. The number of carbonyl (C=O) groups excluding carboxylic acids is 1. The first-order valence-electron chi connectivity index (χ1n) is 6.04. The molecule has 0 fully saturated rings. The summed E-state index contributed by atoms with van der Waals surface area (Å²) in [4.78, 5) is 15.2. The number of esters is 1. The third-order valence-corrected chi connectivity index (χ3v) is 2.75. The number of hydrogen-bond donors (Lipinski definition) is 0. The van der Waals surface area contributed by atoms with Crippen LogP contribution in [0, 0.1) is 0 Å². The zero-order chi connectivity index (χ0) is 14.5. The summed E-state index contributed by atoms with van der Waals surface area (Å²) in [6, 6.07) is 5.26. The van der Waals surface area contributed by atoms with Crippen LogP contribution in [0.2, 0.25) is 5.15 Å². The lowest BCUT2D eigenvalue weighted by Gasteiger charge is -2.01. The highest BCUT2D eigenvalue weighted by molar-refractivity contribution is 6.29. The molecule has 0 radical (unpaired) electrons. The van der Waals surface area contributed by atoms with Gasteiger partial charge in [0.15, 0.2) is 6.61 Å². The number of ether oxygens (including phenoxy) is 2. The molecular formula is C13H14ClN3O3. The topological polar surface area (TPSA) is 66.2 Å². The van der Waals surface area contributed by atoms with Crippen molar-refractivity contribution in [2.24, 2.45) is 7.05 Å². The zero-order valence-electron chi connectivity index (χ0n) is 11.2. The molecule has 0 aromatic carbocycles. The van der Waals surface area contributed by atoms with E-state index in [1.54, 1.807) is 37.0 Å². The summed E-state index contributed by atoms with van der Waals surface area (Å²) in [5, 5.41) is 4.59. The minimum absolute atomic E-state index is 0.164. The second-order valence-electron chi connectivity index (χ2n) is 3.95. The Morgan fingerprint density at radius 1 is 1.45 bits per heavy atom. The van der Waals surface area contributed by atoms with E-state index >= 15 is 0 Å². The molecule has 20 heavy (non-hydrogen) atoms. The van der Waals surface area contributed by atoms with Gasteiger partial charge in [0.2, 0.25) is 5.88 Å². The summed E-state index contributed by atoms with van der Waals surface area (Å²) in [6.45, 7) is 1.90. The largest absolute Gasteiger partial charge is 0.465 e. The van der Waals surface area contributed by atoms with Gasteiger partial charge in [0.1, 0.15) is 5.15 Å². The van der Waals surface area contributed by atoms with Crippen LogP contribution in [-0.2, 0) is 16.6 Å². The Bertz CT molecular complexity index is 595. The first-order valence-corrected chi connectivity index (χ1v) is 6.42. The van der Waals surface area contributed by atoms with Gasteiger partial charge in [-0.1, -0.05) is 11.6 Å². The molecule has 106 valence electrons. The van der Waals surface area contributed by atoms with Crippen LogP contribution in [0.3, 0.4) is 0 Å². The molecule has 0 bridgehead atoms. The SMILES string of the molecule is CCOC(=O)COc1cc(-c2ccc(Cl)nc2)n(C)n1. The van der Waals surface area contributed by atoms with Crippen LogP contribution in [-0.4, -0.2) is 33.9 Å². The molecule has 0 saturated heterocycles. The van der Waals surface area contributed by atoms with E-state index in [2.05, 4.69) is 10.1 Å². The van der Waals surface area contributed by atoms with Crippen molar-refractivity contribution >= 4 is 17.6 Å². The van der Waals surface area contributed by atoms with Crippen LogP contribution in [0.25, 0.3) is 11.3 Å². The van der Waals surface area contributed by atoms with Gasteiger partial charge in [-0.05, 0) is 19.1 Å². The van der Waals surface area contributed by atoms with Crippen LogP contribution in [0.1, 0.15) is 6.92 Å². The van der Waals surface area contributed by atoms with Crippen molar-refractivity contribution in [1.29, 1.82) is 0 Å². The Morgan fingerprint density at radius 3 is 2.90 bits per heavy atom. The standard InChI is InChI=1S/C13H14ClN3O3/c1-3-19-13(18)8-20-12-6-10(17(2)16-12)9-4-5-11(14)15-7-9/h4-7H,3,8H2,1-2H3. The monoisotopic (exact) mass is 295 g/mol. The molecule has 0 amide bonds. The number of aryl methyl sites for hydroxylation is 1. The lowest BCUT2D eigenvalue weighted by Crippen LogP contribution is -2.14. The first kappa shape index (κ1) is 14.3. The predicted molar refractivity (Wildman–Crippen MR) is 73.6 cm³/mol. The summed E-state index contributed by atoms with van der Waals surface area (Å²) >= 11 is 5.75. The molecule has 0 N–H and O–H groups in total. The average Bonchev–Trinajstić information content (AvgIpc) is 2.79. The van der Waals surface area contributed by atoms with Crippen molar-refractivity contribution in [3.05, 3.63) is 29.5 Å². The smallest absolute Gasteiger partial charge is 0.344 e. The molecule has 6 nitrogen and oxygen atoms in total. The molecular weight excluding hydrogens is 282 g/mol. The maximum atomic E-state index is 11.2. The van der Waals surface area contributed by atoms with E-state index in [1.807, 2.05) is 6.07 Å². The van der Waals surface area contributed by atoms with E-state index < -0.39 is 5.97 Å². The molecule has 0 saturated carbocycles. The van der Waals surface area contributed by atoms with Crippen LogP contribution < -0.4 is 4.74 Å². The predicted octanol–water partition coefficient (Wildman–Crippen LogP) is 2.08. The van der Waals surface area contributed by atoms with Crippen molar-refractivity contribution < 1.29 is 14.3 Å². The number of pyridine rings is 1. The molecule has 0 atom stereocenters. The van der Waals surface area contributed by atoms with Crippen molar-refractivity contribution in [1.82, 2.24) is 14.8 Å². The van der Waals surface area contributed by atoms with Crippen molar-refractivity contribution in [2.45, 2.75) is 6.92 Å². The Kier molecular flexibility index (Phi) is 4.57. The minimum Gasteiger partial charge on any atom is -0.465 e. The number of carbonyl (C=O) groups is 1. The molecule has 2 aromatic rings. The fourth-order valence-corrected chi connectivity index (χ4v) is 1.76. The van der Waals surface area contributed by atoms with Crippen molar-refractivity contribution in [3.63, 3.8) is 0 Å². The molecule has 2 rings (SSSR count). The normalized spacial score (nSPS) is 10.3. The van der Waals surface area contributed by atoms with Gasteiger partial charge in [0, 0.05) is 24.9 Å². The summed E-state index contributed by atoms with van der Waals surface area (Å²) in [5.41, 5.74) is 1.67. The van der Waals surface area contributed by atoms with Gasteiger partial charge in [0.25, 0.3) is 0 Å². The second kappa shape index (κ2) is 6.38. The maximum Gasteiger partial charge on any atom is 0.344 e. The zero-order valence-corrected chi connectivity index (χ0v) is 11.9. The highest BCUT2D eigenvalue weighted by Crippen LogP contribution is 2.23. The van der Waals surface area contributed by atoms with E-state index in [-0.39, 0.29) is 6.61 Å². The highest BCUT2D eigenvalue weighted by Gasteiger charge is 2.10. The van der Waals surface area contributed by atoms with Gasteiger partial charge < -0.3 is 9.47 Å². The molecule has 0 unspecified atom stereocenters. The van der Waals surface area contributed by atoms with Gasteiger partial charge >= 0.3 is 5.97 Å². The third-order valence-electron chi connectivity index (χ3n) is 2.52. The average molecular weight is 296 g/mol. The van der Waals surface area contributed by atoms with Gasteiger partial charge in [-0.3, -0.25) is 4.68 Å². The summed E-state index contributed by atoms with van der Waals surface area (Å²) in [6.07, 6.45) is 1.65. The van der Waals surface area contributed by atoms with E-state index in [0.717, 1.165) is 11.3 Å². The Morgan fingerprint density at radius 2 is 2.25 bits per heavy atom. The van der Waals surface area contributed by atoms with Crippen LogP contribution >= 0.6 is 11.6 Å². The Hall–Kier alpha value is -2.08. The molecule has 0 aliphatic rings. The molecule has 7 heteroatoms. The van der Waals surface area contributed by atoms with Crippen LogP contribution in [0.4, 0.5) is 0 Å². The van der Waals surface area contributed by atoms with Gasteiger partial charge in [0.05, 0.1) is 12.3 Å². The summed E-state index contributed by atoms with van der Waals surface area (Å²) in [5.74, 6) is -0.0710. The second-order valence-corrected chi connectivity index (χ2v) is 4.34. The van der Waals surface area contributed by atoms with Crippen molar-refractivity contribution in [3.8, 4) is 17.1 Å². The van der Waals surface area contributed by atoms with Crippen LogP contribution in [0.15, 0.2) is 24.4 Å². The fraction of sp³-hybridized carbons (Fsp3) is 0.308.